The largest absolute Gasteiger partial charge is 0.376 e. The Kier molecular flexibility index (Phi) is 3.00. The Bertz CT molecular complexity index is 357. The van der Waals surface area contributed by atoms with E-state index >= 15 is 0 Å². The minimum atomic E-state index is -0.826. The molecule has 0 amide bonds. The highest BCUT2D eigenvalue weighted by Crippen LogP contribution is 2.22. The lowest BCUT2D eigenvalue weighted by molar-refractivity contribution is 0.586. The van der Waals surface area contributed by atoms with Crippen LogP contribution in [0.5, 0.6) is 0 Å². The molecule has 0 aromatic heterocycles. The molecule has 0 bridgehead atoms. The predicted octanol–water partition coefficient (Wildman–Crippen LogP) is 2.27. The van der Waals surface area contributed by atoms with Crippen LogP contribution in [0.3, 0.4) is 0 Å². The van der Waals surface area contributed by atoms with E-state index in [1.807, 2.05) is 0 Å². The van der Waals surface area contributed by atoms with Gasteiger partial charge in [0, 0.05) is 6.07 Å². The molecule has 0 aliphatic rings. The summed E-state index contributed by atoms with van der Waals surface area (Å²) in [5.74, 6) is -1.62. The second-order valence-corrected chi connectivity index (χ2v) is 3.08. The lowest BCUT2D eigenvalue weighted by atomic mass is 10.3. The number of hydrogen-bond acceptors (Lipinski definition) is 1. The van der Waals surface area contributed by atoms with Crippen LogP contribution in [0, 0.1) is 11.6 Å². The van der Waals surface area contributed by atoms with E-state index in [1.165, 1.54) is 0 Å². The molecule has 0 unspecified atom stereocenters. The summed E-state index contributed by atoms with van der Waals surface area (Å²) in [7, 11) is 0. The number of rotatable bonds is 1. The van der Waals surface area contributed by atoms with E-state index in [0.29, 0.717) is 6.07 Å². The summed E-state index contributed by atoms with van der Waals surface area (Å²) in [6.45, 7) is 0. The molecular weight excluding hydrogens is 218 g/mol. The van der Waals surface area contributed by atoms with Crippen LogP contribution >= 0.6 is 23.8 Å². The summed E-state index contributed by atoms with van der Waals surface area (Å²) >= 11 is 9.88. The average molecular weight is 223 g/mol. The normalized spacial score (nSPS) is 9.77. The molecule has 70 valence electrons. The van der Waals surface area contributed by atoms with Crippen molar-refractivity contribution in [2.45, 2.75) is 0 Å². The summed E-state index contributed by atoms with van der Waals surface area (Å²) in [5.41, 5.74) is 5.06. The molecule has 0 radical (unpaired) electrons. The zero-order chi connectivity index (χ0) is 10.0. The highest BCUT2D eigenvalue weighted by molar-refractivity contribution is 7.80. The minimum absolute atomic E-state index is 0.0427. The molecule has 0 aliphatic carbocycles. The van der Waals surface area contributed by atoms with Crippen LogP contribution in [-0.2, 0) is 0 Å². The highest BCUT2D eigenvalue weighted by atomic mass is 35.5. The summed E-state index contributed by atoms with van der Waals surface area (Å²) in [6, 6.07) is 1.73. The van der Waals surface area contributed by atoms with E-state index in [2.05, 4.69) is 17.5 Å². The third kappa shape index (κ3) is 2.50. The van der Waals surface area contributed by atoms with Crippen molar-refractivity contribution in [1.82, 2.24) is 0 Å². The van der Waals surface area contributed by atoms with Crippen LogP contribution in [0.4, 0.5) is 14.5 Å². The minimum Gasteiger partial charge on any atom is -0.376 e. The van der Waals surface area contributed by atoms with Crippen molar-refractivity contribution in [3.8, 4) is 0 Å². The molecule has 0 aliphatic heterocycles. The van der Waals surface area contributed by atoms with Gasteiger partial charge in [0.1, 0.15) is 11.6 Å². The third-order valence-corrected chi connectivity index (χ3v) is 1.66. The van der Waals surface area contributed by atoms with Crippen LogP contribution in [0.25, 0.3) is 0 Å². The molecule has 0 atom stereocenters. The summed E-state index contributed by atoms with van der Waals surface area (Å²) in [4.78, 5) is 0. The SMILES string of the molecule is NC(=S)Nc1cc(Cl)c(F)cc1F. The van der Waals surface area contributed by atoms with Gasteiger partial charge in [0.2, 0.25) is 0 Å². The van der Waals surface area contributed by atoms with Gasteiger partial charge in [-0.15, -0.1) is 0 Å². The lowest BCUT2D eigenvalue weighted by Crippen LogP contribution is -2.19. The third-order valence-electron chi connectivity index (χ3n) is 1.27. The van der Waals surface area contributed by atoms with Crippen LogP contribution in [-0.4, -0.2) is 5.11 Å². The molecule has 1 aromatic carbocycles. The van der Waals surface area contributed by atoms with E-state index in [-0.39, 0.29) is 15.8 Å². The molecule has 0 spiro atoms. The topological polar surface area (TPSA) is 38.0 Å². The Morgan fingerprint density at radius 1 is 1.38 bits per heavy atom. The molecule has 0 heterocycles. The number of benzene rings is 1. The molecule has 1 rings (SSSR count). The second kappa shape index (κ2) is 3.85. The van der Waals surface area contributed by atoms with Gasteiger partial charge >= 0.3 is 0 Å². The van der Waals surface area contributed by atoms with Crippen molar-refractivity contribution in [2.75, 3.05) is 5.32 Å². The molecule has 0 saturated carbocycles. The number of nitrogens with one attached hydrogen (secondary N) is 1. The first-order valence-corrected chi connectivity index (χ1v) is 4.00. The fourth-order valence-electron chi connectivity index (χ4n) is 0.751. The van der Waals surface area contributed by atoms with Gasteiger partial charge in [-0.2, -0.15) is 0 Å². The average Bonchev–Trinajstić information content (AvgIpc) is 1.99. The number of anilines is 1. The summed E-state index contributed by atoms with van der Waals surface area (Å²) in [6.07, 6.45) is 0. The monoisotopic (exact) mass is 222 g/mol. The van der Waals surface area contributed by atoms with Crippen LogP contribution < -0.4 is 11.1 Å². The first-order valence-electron chi connectivity index (χ1n) is 3.21. The molecule has 0 saturated heterocycles. The van der Waals surface area contributed by atoms with Gasteiger partial charge in [0.25, 0.3) is 0 Å². The van der Waals surface area contributed by atoms with Crippen molar-refractivity contribution >= 4 is 34.6 Å². The molecule has 1 aromatic rings. The predicted molar refractivity (Wildman–Crippen MR) is 51.8 cm³/mol. The van der Waals surface area contributed by atoms with E-state index < -0.39 is 11.6 Å². The maximum Gasteiger partial charge on any atom is 0.168 e. The summed E-state index contributed by atoms with van der Waals surface area (Å²) in [5, 5.41) is 2.02. The van der Waals surface area contributed by atoms with Gasteiger partial charge in [0.15, 0.2) is 5.11 Å². The van der Waals surface area contributed by atoms with Crippen molar-refractivity contribution in [3.63, 3.8) is 0 Å². The Morgan fingerprint density at radius 2 is 2.00 bits per heavy atom. The Labute approximate surface area is 83.7 Å². The fourth-order valence-corrected chi connectivity index (χ4v) is 1.02. The highest BCUT2D eigenvalue weighted by Gasteiger charge is 2.08. The molecule has 0 fully saturated rings. The molecule has 13 heavy (non-hydrogen) atoms. The number of nitrogens with two attached hydrogens (primary N) is 1. The standard InChI is InChI=1S/C7H5ClF2N2S/c8-3-1-6(12-7(11)13)5(10)2-4(3)9/h1-2H,(H3,11,12,13). The van der Waals surface area contributed by atoms with Gasteiger partial charge in [0.05, 0.1) is 10.7 Å². The maximum atomic E-state index is 12.9. The van der Waals surface area contributed by atoms with Crippen molar-refractivity contribution in [1.29, 1.82) is 0 Å². The van der Waals surface area contributed by atoms with E-state index in [4.69, 9.17) is 17.3 Å². The van der Waals surface area contributed by atoms with E-state index in [9.17, 15) is 8.78 Å². The second-order valence-electron chi connectivity index (χ2n) is 2.24. The molecular formula is C7H5ClF2N2S. The Balaban J connectivity index is 3.08. The van der Waals surface area contributed by atoms with Crippen LogP contribution in [0.15, 0.2) is 12.1 Å². The molecule has 2 nitrogen and oxygen atoms in total. The number of hydrogen-bond donors (Lipinski definition) is 2. The smallest absolute Gasteiger partial charge is 0.168 e. The fraction of sp³-hybridized carbons (Fsp3) is 0. The maximum absolute atomic E-state index is 12.9. The zero-order valence-corrected chi connectivity index (χ0v) is 7.85. The van der Waals surface area contributed by atoms with Crippen molar-refractivity contribution < 1.29 is 8.78 Å². The van der Waals surface area contributed by atoms with Gasteiger partial charge in [-0.1, -0.05) is 11.6 Å². The van der Waals surface area contributed by atoms with Gasteiger partial charge in [-0.3, -0.25) is 0 Å². The number of halogens is 3. The summed E-state index contributed by atoms with van der Waals surface area (Å²) < 4.78 is 25.5. The first-order chi connectivity index (χ1) is 6.00. The van der Waals surface area contributed by atoms with Crippen LogP contribution in [0.2, 0.25) is 5.02 Å². The van der Waals surface area contributed by atoms with Gasteiger partial charge < -0.3 is 11.1 Å². The van der Waals surface area contributed by atoms with E-state index in [1.54, 1.807) is 0 Å². The van der Waals surface area contributed by atoms with Crippen LogP contribution in [0.1, 0.15) is 0 Å². The van der Waals surface area contributed by atoms with E-state index in [0.717, 1.165) is 6.07 Å². The Morgan fingerprint density at radius 3 is 2.54 bits per heavy atom. The molecule has 3 N–H and O–H groups in total. The van der Waals surface area contributed by atoms with Gasteiger partial charge in [-0.05, 0) is 18.3 Å². The zero-order valence-electron chi connectivity index (χ0n) is 6.27. The quantitative estimate of drug-likeness (QED) is 0.566. The molecule has 6 heteroatoms. The lowest BCUT2D eigenvalue weighted by Gasteiger charge is -2.05. The number of thiocarbonyl (C=S) groups is 1. The Hall–Kier alpha value is -0.940. The van der Waals surface area contributed by atoms with Gasteiger partial charge in [-0.25, -0.2) is 8.78 Å². The van der Waals surface area contributed by atoms with Crippen molar-refractivity contribution in [3.05, 3.63) is 28.8 Å². The first kappa shape index (κ1) is 10.1. The van der Waals surface area contributed by atoms with Crippen molar-refractivity contribution in [2.24, 2.45) is 5.73 Å².